The molecule has 0 bridgehead atoms. The van der Waals surface area contributed by atoms with Crippen LogP contribution in [0.2, 0.25) is 10.0 Å². The summed E-state index contributed by atoms with van der Waals surface area (Å²) in [7, 11) is 0. The molecule has 0 radical (unpaired) electrons. The number of hydrogen-bond acceptors (Lipinski definition) is 7. The summed E-state index contributed by atoms with van der Waals surface area (Å²) in [6.07, 6.45) is 4.10. The van der Waals surface area contributed by atoms with Crippen molar-refractivity contribution in [1.82, 2.24) is 15.3 Å². The number of nitrogens with one attached hydrogen (secondary N) is 2. The monoisotopic (exact) mass is 510 g/mol. The van der Waals surface area contributed by atoms with Crippen LogP contribution in [-0.4, -0.2) is 48.8 Å². The Morgan fingerprint density at radius 3 is 2.69 bits per heavy atom. The van der Waals surface area contributed by atoms with Gasteiger partial charge in [0, 0.05) is 43.8 Å². The van der Waals surface area contributed by atoms with E-state index in [1.165, 1.54) is 22.3 Å². The highest BCUT2D eigenvalue weighted by Gasteiger charge is 2.31. The van der Waals surface area contributed by atoms with Crippen molar-refractivity contribution in [2.24, 2.45) is 0 Å². The molecule has 2 N–H and O–H groups in total. The van der Waals surface area contributed by atoms with Gasteiger partial charge in [0.15, 0.2) is 6.73 Å². The van der Waals surface area contributed by atoms with Crippen molar-refractivity contribution in [1.29, 1.82) is 0 Å². The maximum Gasteiger partial charge on any atom is 0.268 e. The van der Waals surface area contributed by atoms with Gasteiger partial charge in [-0.25, -0.2) is 4.98 Å². The predicted octanol–water partition coefficient (Wildman–Crippen LogP) is 4.66. The molecule has 1 amide bonds. The van der Waals surface area contributed by atoms with Gasteiger partial charge in [-0.1, -0.05) is 35.3 Å². The zero-order valence-corrected chi connectivity index (χ0v) is 20.4. The van der Waals surface area contributed by atoms with Crippen LogP contribution in [0.15, 0.2) is 55.3 Å². The van der Waals surface area contributed by atoms with Crippen LogP contribution in [0.5, 0.6) is 5.88 Å². The fourth-order valence-corrected chi connectivity index (χ4v) is 4.85. The first-order valence-electron chi connectivity index (χ1n) is 11.3. The average Bonchev–Trinajstić information content (AvgIpc) is 2.86. The van der Waals surface area contributed by atoms with Crippen molar-refractivity contribution < 1.29 is 9.53 Å². The van der Waals surface area contributed by atoms with E-state index in [0.29, 0.717) is 21.7 Å². The lowest BCUT2D eigenvalue weighted by molar-refractivity contribution is 0.0932. The Morgan fingerprint density at radius 2 is 1.94 bits per heavy atom. The molecule has 3 aromatic rings. The number of hydrogen-bond donors (Lipinski definition) is 2. The Morgan fingerprint density at radius 1 is 1.17 bits per heavy atom. The smallest absolute Gasteiger partial charge is 0.268 e. The van der Waals surface area contributed by atoms with E-state index in [2.05, 4.69) is 44.2 Å². The molecule has 2 aliphatic heterocycles. The second kappa shape index (κ2) is 10.1. The van der Waals surface area contributed by atoms with Crippen LogP contribution >= 0.6 is 23.2 Å². The molecule has 180 valence electrons. The third-order valence-corrected chi connectivity index (χ3v) is 6.53. The van der Waals surface area contributed by atoms with Crippen LogP contribution < -0.4 is 25.2 Å². The zero-order valence-electron chi connectivity index (χ0n) is 18.9. The molecule has 1 fully saturated rings. The van der Waals surface area contributed by atoms with E-state index in [9.17, 15) is 4.79 Å². The fraction of sp³-hybridized carbons (Fsp3) is 0.240. The van der Waals surface area contributed by atoms with Crippen molar-refractivity contribution in [2.45, 2.75) is 6.42 Å². The Kier molecular flexibility index (Phi) is 6.77. The van der Waals surface area contributed by atoms with Gasteiger partial charge in [-0.3, -0.25) is 9.69 Å². The van der Waals surface area contributed by atoms with Crippen molar-refractivity contribution in [3.63, 3.8) is 0 Å². The molecule has 2 aliphatic rings. The van der Waals surface area contributed by atoms with Gasteiger partial charge in [-0.2, -0.15) is 4.98 Å². The van der Waals surface area contributed by atoms with Crippen LogP contribution in [0, 0.1) is 0 Å². The molecule has 1 aromatic heterocycles. The van der Waals surface area contributed by atoms with Gasteiger partial charge in [0.05, 0.1) is 15.7 Å². The molecule has 1 saturated heterocycles. The Hall–Kier alpha value is -3.33. The van der Waals surface area contributed by atoms with Gasteiger partial charge in [0.1, 0.15) is 5.56 Å². The highest BCUT2D eigenvalue weighted by atomic mass is 35.5. The second-order valence-corrected chi connectivity index (χ2v) is 9.00. The molecule has 5 rings (SSSR count). The lowest BCUT2D eigenvalue weighted by Crippen LogP contribution is -2.43. The first-order valence-corrected chi connectivity index (χ1v) is 12.0. The molecule has 2 aromatic carbocycles. The third kappa shape index (κ3) is 4.77. The van der Waals surface area contributed by atoms with Gasteiger partial charge in [0.25, 0.3) is 5.91 Å². The molecule has 8 nitrogen and oxygen atoms in total. The molecule has 0 atom stereocenters. The standard InChI is InChI=1S/C25H24Cl2N6O2/c1-2-4-16-13-17(7-8-21(16)32-11-9-28-10-12-32)30-25-29-14-18-23(31-25)35-15-33(24(18)34)22-19(26)5-3-6-20(22)27/h2-3,5-8,13-14,28H,1,4,9-12,15H2,(H,29,30,31). The molecule has 0 aliphatic carbocycles. The number of benzene rings is 2. The van der Waals surface area contributed by atoms with E-state index in [4.69, 9.17) is 27.9 Å². The minimum atomic E-state index is -0.332. The van der Waals surface area contributed by atoms with Crippen molar-refractivity contribution in [3.8, 4) is 5.88 Å². The first kappa shape index (κ1) is 23.4. The number of amides is 1. The zero-order chi connectivity index (χ0) is 24.4. The summed E-state index contributed by atoms with van der Waals surface area (Å²) in [4.78, 5) is 25.6. The highest BCUT2D eigenvalue weighted by molar-refractivity contribution is 6.40. The summed E-state index contributed by atoms with van der Waals surface area (Å²) >= 11 is 12.6. The number of allylic oxidation sites excluding steroid dienone is 1. The molecular weight excluding hydrogens is 487 g/mol. The summed E-state index contributed by atoms with van der Waals surface area (Å²) in [6.45, 7) is 7.71. The van der Waals surface area contributed by atoms with E-state index in [1.807, 2.05) is 12.1 Å². The molecule has 0 unspecified atom stereocenters. The minimum absolute atomic E-state index is 0.0609. The number of nitrogens with zero attached hydrogens (tertiary/aromatic N) is 4. The van der Waals surface area contributed by atoms with E-state index in [1.54, 1.807) is 18.2 Å². The number of carbonyl (C=O) groups is 1. The number of rotatable bonds is 6. The van der Waals surface area contributed by atoms with Gasteiger partial charge in [-0.15, -0.1) is 6.58 Å². The van der Waals surface area contributed by atoms with E-state index in [0.717, 1.165) is 38.3 Å². The molecule has 10 heteroatoms. The van der Waals surface area contributed by atoms with Crippen LogP contribution in [0.25, 0.3) is 0 Å². The number of halogens is 2. The van der Waals surface area contributed by atoms with Crippen LogP contribution in [0.3, 0.4) is 0 Å². The molecular formula is C25H24Cl2N6O2. The molecule has 3 heterocycles. The maximum absolute atomic E-state index is 13.1. The lowest BCUT2D eigenvalue weighted by atomic mass is 10.1. The Balaban J connectivity index is 1.37. The largest absolute Gasteiger partial charge is 0.455 e. The quantitative estimate of drug-likeness (QED) is 0.466. The van der Waals surface area contributed by atoms with Gasteiger partial charge >= 0.3 is 0 Å². The number of para-hydroxylation sites is 1. The SMILES string of the molecule is C=CCc1cc(Nc2ncc3c(n2)OCN(c2c(Cl)cccc2Cl)C3=O)ccc1N1CCNCC1. The third-order valence-electron chi connectivity index (χ3n) is 5.92. The van der Waals surface area contributed by atoms with Crippen molar-refractivity contribution in [3.05, 3.63) is 76.4 Å². The fourth-order valence-electron chi connectivity index (χ4n) is 4.25. The van der Waals surface area contributed by atoms with Gasteiger partial charge in [0.2, 0.25) is 11.8 Å². The number of fused-ring (bicyclic) bond motifs is 1. The number of ether oxygens (including phenoxy) is 1. The Bertz CT molecular complexity index is 1260. The van der Waals surface area contributed by atoms with Gasteiger partial charge in [-0.05, 0) is 42.3 Å². The summed E-state index contributed by atoms with van der Waals surface area (Å²) in [6, 6.07) is 11.2. The number of carbonyl (C=O) groups excluding carboxylic acids is 1. The summed E-state index contributed by atoms with van der Waals surface area (Å²) in [5.41, 5.74) is 3.85. The maximum atomic E-state index is 13.1. The minimum Gasteiger partial charge on any atom is -0.455 e. The van der Waals surface area contributed by atoms with Crippen molar-refractivity contribution in [2.75, 3.05) is 48.0 Å². The summed E-state index contributed by atoms with van der Waals surface area (Å²) in [5.74, 6) is 0.206. The van der Waals surface area contributed by atoms with Crippen LogP contribution in [0.4, 0.5) is 23.0 Å². The number of anilines is 4. The van der Waals surface area contributed by atoms with E-state index >= 15 is 0 Å². The predicted molar refractivity (Wildman–Crippen MR) is 140 cm³/mol. The first-order chi connectivity index (χ1) is 17.0. The second-order valence-electron chi connectivity index (χ2n) is 8.19. The average molecular weight is 511 g/mol. The van der Waals surface area contributed by atoms with E-state index in [-0.39, 0.29) is 24.1 Å². The summed E-state index contributed by atoms with van der Waals surface area (Å²) in [5, 5.41) is 7.32. The summed E-state index contributed by atoms with van der Waals surface area (Å²) < 4.78 is 5.78. The van der Waals surface area contributed by atoms with Crippen LogP contribution in [0.1, 0.15) is 15.9 Å². The van der Waals surface area contributed by atoms with Crippen LogP contribution in [-0.2, 0) is 6.42 Å². The van der Waals surface area contributed by atoms with Crippen molar-refractivity contribution >= 4 is 52.1 Å². The lowest BCUT2D eigenvalue weighted by Gasteiger charge is -2.31. The molecule has 35 heavy (non-hydrogen) atoms. The topological polar surface area (TPSA) is 82.6 Å². The molecule has 0 spiro atoms. The number of piperazine rings is 1. The highest BCUT2D eigenvalue weighted by Crippen LogP contribution is 2.37. The Labute approximate surface area is 213 Å². The number of aromatic nitrogens is 2. The van der Waals surface area contributed by atoms with E-state index < -0.39 is 0 Å². The molecule has 0 saturated carbocycles. The van der Waals surface area contributed by atoms with Gasteiger partial charge < -0.3 is 20.3 Å². The normalized spacial score (nSPS) is 15.4.